The summed E-state index contributed by atoms with van der Waals surface area (Å²) >= 11 is 0. The van der Waals surface area contributed by atoms with E-state index in [1.807, 2.05) is 103 Å². The second-order valence-electron chi connectivity index (χ2n) is 13.7. The summed E-state index contributed by atoms with van der Waals surface area (Å²) in [5, 5.41) is 18.3. The number of hydrogen-bond donors (Lipinski definition) is 2. The lowest BCUT2D eigenvalue weighted by Gasteiger charge is -1.98. The van der Waals surface area contributed by atoms with Crippen molar-refractivity contribution in [3.63, 3.8) is 0 Å². The van der Waals surface area contributed by atoms with E-state index in [-0.39, 0.29) is 11.1 Å². The van der Waals surface area contributed by atoms with Crippen LogP contribution in [0, 0.1) is 78.0 Å². The SMILES string of the molecule is Cc1ccc(C#Cc2ccc(C#Cc3cc(C#Cc4ccc(C#Cc5ccc(C(=O)O)cc5)cc4)cc(C#Cc4ccc(C#Cc5ccc(C(=O)O)cc5)cc4)c3)cc2)cc1. The summed E-state index contributed by atoms with van der Waals surface area (Å²) in [5.41, 5.74) is 11.3. The predicted molar refractivity (Wildman–Crippen MR) is 240 cm³/mol. The van der Waals surface area contributed by atoms with E-state index in [4.69, 9.17) is 10.2 Å². The zero-order valence-electron chi connectivity index (χ0n) is 32.8. The van der Waals surface area contributed by atoms with Crippen LogP contribution < -0.4 is 0 Å². The van der Waals surface area contributed by atoms with Crippen molar-refractivity contribution < 1.29 is 19.8 Å². The van der Waals surface area contributed by atoms with Gasteiger partial charge in [-0.1, -0.05) is 88.7 Å². The van der Waals surface area contributed by atoms with Gasteiger partial charge in [-0.25, -0.2) is 9.59 Å². The third-order valence-electron chi connectivity index (χ3n) is 9.01. The van der Waals surface area contributed by atoms with Gasteiger partial charge in [-0.3, -0.25) is 0 Å². The second kappa shape index (κ2) is 19.3. The Bertz CT molecular complexity index is 3000. The van der Waals surface area contributed by atoms with Crippen LogP contribution in [0.3, 0.4) is 0 Å². The fraction of sp³-hybridized carbons (Fsp3) is 0.0175. The first kappa shape index (κ1) is 40.1. The van der Waals surface area contributed by atoms with Gasteiger partial charge < -0.3 is 10.2 Å². The molecule has 7 aromatic rings. The van der Waals surface area contributed by atoms with Gasteiger partial charge in [0.2, 0.25) is 0 Å². The molecule has 4 heteroatoms. The van der Waals surface area contributed by atoms with Crippen molar-refractivity contribution in [1.82, 2.24) is 0 Å². The molecule has 0 heterocycles. The van der Waals surface area contributed by atoms with Crippen LogP contribution in [0.1, 0.15) is 93.0 Å². The molecule has 0 saturated heterocycles. The van der Waals surface area contributed by atoms with Gasteiger partial charge >= 0.3 is 11.9 Å². The maximum atomic E-state index is 11.1. The highest BCUT2D eigenvalue weighted by Crippen LogP contribution is 2.13. The Hall–Kier alpha value is -9.16. The van der Waals surface area contributed by atoms with Gasteiger partial charge in [0, 0.05) is 66.8 Å². The number of hydrogen-bond acceptors (Lipinski definition) is 2. The molecule has 0 unspecified atom stereocenters. The Kier molecular flexibility index (Phi) is 12.7. The Balaban J connectivity index is 1.11. The molecule has 0 radical (unpaired) electrons. The Morgan fingerprint density at radius 3 is 0.639 bits per heavy atom. The molecular weight excluding hydrogens is 749 g/mol. The van der Waals surface area contributed by atoms with E-state index < -0.39 is 11.9 Å². The fourth-order valence-corrected chi connectivity index (χ4v) is 5.65. The van der Waals surface area contributed by atoms with Crippen LogP contribution in [0.25, 0.3) is 0 Å². The van der Waals surface area contributed by atoms with Crippen LogP contribution in [0.5, 0.6) is 0 Å². The lowest BCUT2D eigenvalue weighted by atomic mass is 10.0. The van der Waals surface area contributed by atoms with Crippen molar-refractivity contribution in [2.45, 2.75) is 6.92 Å². The maximum Gasteiger partial charge on any atom is 0.335 e. The van der Waals surface area contributed by atoms with Crippen molar-refractivity contribution in [2.75, 3.05) is 0 Å². The molecule has 0 amide bonds. The lowest BCUT2D eigenvalue weighted by Crippen LogP contribution is -1.94. The molecule has 7 rings (SSSR count). The summed E-state index contributed by atoms with van der Waals surface area (Å²) in [4.78, 5) is 22.3. The molecule has 2 N–H and O–H groups in total. The first-order chi connectivity index (χ1) is 29.7. The standard InChI is InChI=1S/C57H32O4/c1-41-2-4-42(5-3-41)6-7-43-8-14-46(15-9-43)24-27-51-38-52(28-25-47-16-10-44(11-17-47)20-22-49-30-34-54(35-31-49)56(58)59)40-53(39-51)29-26-48-18-12-45(13-19-48)21-23-50-32-36-55(37-33-50)57(60)61/h2-5,8-19,30-40H,1H3,(H,58,59)(H,60,61). The number of aryl methyl sites for hydroxylation is 1. The van der Waals surface area contributed by atoms with Crippen molar-refractivity contribution in [2.24, 2.45) is 0 Å². The number of benzene rings is 7. The van der Waals surface area contributed by atoms with Crippen LogP contribution in [0.4, 0.5) is 0 Å². The minimum absolute atomic E-state index is 0.217. The summed E-state index contributed by atoms with van der Waals surface area (Å²) in [6.45, 7) is 2.05. The molecule has 0 aliphatic heterocycles. The molecule has 7 aromatic carbocycles. The van der Waals surface area contributed by atoms with Crippen molar-refractivity contribution >= 4 is 11.9 Å². The summed E-state index contributed by atoms with van der Waals surface area (Å²) in [6.07, 6.45) is 0. The average Bonchev–Trinajstić information content (AvgIpc) is 3.29. The number of carbonyl (C=O) groups is 2. The minimum atomic E-state index is -0.974. The molecule has 284 valence electrons. The summed E-state index contributed by atoms with van der Waals surface area (Å²) < 4.78 is 0. The number of carboxylic acids is 2. The van der Waals surface area contributed by atoms with E-state index in [1.165, 1.54) is 29.8 Å². The quantitative estimate of drug-likeness (QED) is 0.172. The normalized spacial score (nSPS) is 9.52. The zero-order chi connectivity index (χ0) is 42.4. The Labute approximate surface area is 355 Å². The molecular formula is C57H32O4. The third kappa shape index (κ3) is 11.9. The van der Waals surface area contributed by atoms with Crippen LogP contribution in [0.15, 0.2) is 164 Å². The molecule has 0 saturated carbocycles. The molecule has 4 nitrogen and oxygen atoms in total. The zero-order valence-corrected chi connectivity index (χ0v) is 32.8. The highest BCUT2D eigenvalue weighted by atomic mass is 16.4. The van der Waals surface area contributed by atoms with Gasteiger partial charge in [0.25, 0.3) is 0 Å². The Morgan fingerprint density at radius 2 is 0.443 bits per heavy atom. The van der Waals surface area contributed by atoms with E-state index in [2.05, 4.69) is 90.1 Å². The molecule has 0 fully saturated rings. The van der Waals surface area contributed by atoms with Gasteiger partial charge in [-0.05, 0) is 159 Å². The highest BCUT2D eigenvalue weighted by molar-refractivity contribution is 5.88. The monoisotopic (exact) mass is 780 g/mol. The third-order valence-corrected chi connectivity index (χ3v) is 9.01. The minimum Gasteiger partial charge on any atom is -0.478 e. The van der Waals surface area contributed by atoms with Crippen LogP contribution >= 0.6 is 0 Å². The van der Waals surface area contributed by atoms with E-state index in [1.54, 1.807) is 24.3 Å². The van der Waals surface area contributed by atoms with E-state index >= 15 is 0 Å². The molecule has 0 bridgehead atoms. The summed E-state index contributed by atoms with van der Waals surface area (Å²) in [7, 11) is 0. The Morgan fingerprint density at radius 1 is 0.279 bits per heavy atom. The van der Waals surface area contributed by atoms with E-state index in [0.717, 1.165) is 66.8 Å². The lowest BCUT2D eigenvalue weighted by molar-refractivity contribution is 0.0686. The van der Waals surface area contributed by atoms with Gasteiger partial charge in [-0.15, -0.1) is 0 Å². The molecule has 61 heavy (non-hydrogen) atoms. The topological polar surface area (TPSA) is 74.6 Å². The predicted octanol–water partition coefficient (Wildman–Crippen LogP) is 9.79. The van der Waals surface area contributed by atoms with Crippen LogP contribution in [0.2, 0.25) is 0 Å². The van der Waals surface area contributed by atoms with Gasteiger partial charge in [0.1, 0.15) is 0 Å². The van der Waals surface area contributed by atoms with E-state index in [0.29, 0.717) is 0 Å². The largest absolute Gasteiger partial charge is 0.478 e. The highest BCUT2D eigenvalue weighted by Gasteiger charge is 2.02. The van der Waals surface area contributed by atoms with E-state index in [9.17, 15) is 9.59 Å². The summed E-state index contributed by atoms with van der Waals surface area (Å²) in [5.74, 6) is 36.5. The van der Waals surface area contributed by atoms with Crippen molar-refractivity contribution in [1.29, 1.82) is 0 Å². The molecule has 0 atom stereocenters. The second-order valence-corrected chi connectivity index (χ2v) is 13.7. The van der Waals surface area contributed by atoms with Crippen LogP contribution in [-0.4, -0.2) is 22.2 Å². The number of aromatic carboxylic acids is 2. The fourth-order valence-electron chi connectivity index (χ4n) is 5.65. The van der Waals surface area contributed by atoms with Gasteiger partial charge in [0.15, 0.2) is 0 Å². The summed E-state index contributed by atoms with van der Waals surface area (Å²) in [6, 6.07) is 50.0. The number of carboxylic acid groups (broad SMARTS) is 2. The van der Waals surface area contributed by atoms with Gasteiger partial charge in [0.05, 0.1) is 11.1 Å². The molecule has 0 aliphatic carbocycles. The smallest absolute Gasteiger partial charge is 0.335 e. The van der Waals surface area contributed by atoms with Crippen molar-refractivity contribution in [3.8, 4) is 71.0 Å². The average molecular weight is 781 g/mol. The number of rotatable bonds is 2. The van der Waals surface area contributed by atoms with Crippen LogP contribution in [-0.2, 0) is 0 Å². The first-order valence-electron chi connectivity index (χ1n) is 19.0. The molecule has 0 aromatic heterocycles. The molecule has 0 aliphatic rings. The molecule has 0 spiro atoms. The first-order valence-corrected chi connectivity index (χ1v) is 19.0. The van der Waals surface area contributed by atoms with Crippen molar-refractivity contribution in [3.05, 3.63) is 247 Å². The maximum absolute atomic E-state index is 11.1. The van der Waals surface area contributed by atoms with Gasteiger partial charge in [-0.2, -0.15) is 0 Å².